The van der Waals surface area contributed by atoms with E-state index in [4.69, 9.17) is 0 Å². The number of hydrogen-bond acceptors (Lipinski definition) is 1. The lowest BCUT2D eigenvalue weighted by Crippen LogP contribution is -2.22. The standard InChI is InChI=1S/C13H18N2/c1-2-10(14-5-1)7-15-13-11-8-3-4-9(6-8)12(11)13/h1-2,5,8-9,11-15H,3-4,6-7H2. The summed E-state index contributed by atoms with van der Waals surface area (Å²) in [6.07, 6.45) is 6.60. The van der Waals surface area contributed by atoms with Gasteiger partial charge in [-0.25, -0.2) is 0 Å². The first kappa shape index (κ1) is 8.40. The molecule has 3 saturated carbocycles. The quantitative estimate of drug-likeness (QED) is 0.772. The highest BCUT2D eigenvalue weighted by Crippen LogP contribution is 2.65. The monoisotopic (exact) mass is 202 g/mol. The molecule has 15 heavy (non-hydrogen) atoms. The van der Waals surface area contributed by atoms with Crippen molar-refractivity contribution in [1.29, 1.82) is 0 Å². The van der Waals surface area contributed by atoms with Crippen LogP contribution in [0.3, 0.4) is 0 Å². The molecular weight excluding hydrogens is 184 g/mol. The van der Waals surface area contributed by atoms with Gasteiger partial charge in [-0.15, -0.1) is 0 Å². The Morgan fingerprint density at radius 2 is 2.07 bits per heavy atom. The summed E-state index contributed by atoms with van der Waals surface area (Å²) < 4.78 is 0. The van der Waals surface area contributed by atoms with Gasteiger partial charge in [-0.1, -0.05) is 0 Å². The maximum atomic E-state index is 3.73. The Labute approximate surface area is 90.5 Å². The minimum Gasteiger partial charge on any atom is -0.364 e. The van der Waals surface area contributed by atoms with E-state index in [9.17, 15) is 0 Å². The summed E-state index contributed by atoms with van der Waals surface area (Å²) in [7, 11) is 0. The number of nitrogens with one attached hydrogen (secondary N) is 2. The molecule has 1 aromatic heterocycles. The van der Waals surface area contributed by atoms with Gasteiger partial charge < -0.3 is 10.3 Å². The highest BCUT2D eigenvalue weighted by Gasteiger charge is 2.64. The van der Waals surface area contributed by atoms with Crippen molar-refractivity contribution in [3.05, 3.63) is 24.0 Å². The number of aromatic nitrogens is 1. The zero-order chi connectivity index (χ0) is 9.83. The molecule has 1 aromatic rings. The van der Waals surface area contributed by atoms with Crippen molar-refractivity contribution in [2.45, 2.75) is 31.8 Å². The first-order valence-corrected chi connectivity index (χ1v) is 6.29. The van der Waals surface area contributed by atoms with Crippen LogP contribution >= 0.6 is 0 Å². The van der Waals surface area contributed by atoms with E-state index in [0.29, 0.717) is 0 Å². The van der Waals surface area contributed by atoms with Crippen LogP contribution < -0.4 is 5.32 Å². The van der Waals surface area contributed by atoms with Crippen molar-refractivity contribution in [3.8, 4) is 0 Å². The van der Waals surface area contributed by atoms with E-state index in [1.54, 1.807) is 6.42 Å². The van der Waals surface area contributed by atoms with Crippen LogP contribution in [-0.2, 0) is 6.54 Å². The second kappa shape index (κ2) is 2.88. The largest absolute Gasteiger partial charge is 0.364 e. The molecule has 1 heterocycles. The average molecular weight is 202 g/mol. The minimum atomic E-state index is 0.861. The van der Waals surface area contributed by atoms with Gasteiger partial charge in [0.1, 0.15) is 0 Å². The van der Waals surface area contributed by atoms with Crippen LogP contribution in [-0.4, -0.2) is 11.0 Å². The summed E-state index contributed by atoms with van der Waals surface area (Å²) in [5.41, 5.74) is 1.33. The van der Waals surface area contributed by atoms with Gasteiger partial charge in [0.15, 0.2) is 0 Å². The maximum Gasteiger partial charge on any atom is 0.0359 e. The van der Waals surface area contributed by atoms with E-state index >= 15 is 0 Å². The summed E-state index contributed by atoms with van der Waals surface area (Å²) in [5.74, 6) is 4.28. The molecule has 3 fully saturated rings. The van der Waals surface area contributed by atoms with Crippen molar-refractivity contribution in [2.75, 3.05) is 0 Å². The first-order valence-electron chi connectivity index (χ1n) is 6.29. The van der Waals surface area contributed by atoms with Gasteiger partial charge in [0, 0.05) is 24.5 Å². The molecule has 0 amide bonds. The van der Waals surface area contributed by atoms with Crippen molar-refractivity contribution < 1.29 is 0 Å². The average Bonchev–Trinajstić information content (AvgIpc) is 2.72. The number of H-pyrrole nitrogens is 1. The van der Waals surface area contributed by atoms with Crippen LogP contribution in [0.15, 0.2) is 18.3 Å². The highest BCUT2D eigenvalue weighted by atomic mass is 15.0. The van der Waals surface area contributed by atoms with Crippen molar-refractivity contribution in [1.82, 2.24) is 10.3 Å². The molecule has 3 aliphatic carbocycles. The lowest BCUT2D eigenvalue weighted by Gasteiger charge is -2.09. The lowest BCUT2D eigenvalue weighted by molar-refractivity contribution is 0.456. The topological polar surface area (TPSA) is 27.8 Å². The third-order valence-corrected chi connectivity index (χ3v) is 4.93. The fourth-order valence-electron chi connectivity index (χ4n) is 4.30. The van der Waals surface area contributed by atoms with Gasteiger partial charge in [-0.3, -0.25) is 0 Å². The zero-order valence-electron chi connectivity index (χ0n) is 8.95. The molecule has 0 aliphatic heterocycles. The minimum absolute atomic E-state index is 0.861. The molecule has 0 saturated heterocycles. The highest BCUT2D eigenvalue weighted by molar-refractivity contribution is 5.17. The zero-order valence-corrected chi connectivity index (χ0v) is 8.95. The molecule has 2 nitrogen and oxygen atoms in total. The van der Waals surface area contributed by atoms with Crippen molar-refractivity contribution >= 4 is 0 Å². The van der Waals surface area contributed by atoms with Gasteiger partial charge in [0.25, 0.3) is 0 Å². The Kier molecular flexibility index (Phi) is 1.61. The Balaban J connectivity index is 1.39. The molecular formula is C13H18N2. The van der Waals surface area contributed by atoms with Gasteiger partial charge in [-0.05, 0) is 55.1 Å². The van der Waals surface area contributed by atoms with E-state index in [0.717, 1.165) is 36.3 Å². The molecule has 2 N–H and O–H groups in total. The Morgan fingerprint density at radius 3 is 2.73 bits per heavy atom. The predicted molar refractivity (Wildman–Crippen MR) is 59.2 cm³/mol. The summed E-state index contributed by atoms with van der Waals surface area (Å²) in [5, 5.41) is 3.73. The van der Waals surface area contributed by atoms with Gasteiger partial charge >= 0.3 is 0 Å². The van der Waals surface area contributed by atoms with E-state index < -0.39 is 0 Å². The van der Waals surface area contributed by atoms with E-state index in [1.807, 2.05) is 6.20 Å². The molecule has 80 valence electrons. The fraction of sp³-hybridized carbons (Fsp3) is 0.692. The molecule has 3 aliphatic rings. The number of hydrogen-bond donors (Lipinski definition) is 2. The van der Waals surface area contributed by atoms with Crippen LogP contribution in [0.1, 0.15) is 25.0 Å². The second-order valence-corrected chi connectivity index (χ2v) is 5.59. The number of aromatic amines is 1. The fourth-order valence-corrected chi connectivity index (χ4v) is 4.30. The molecule has 4 unspecified atom stereocenters. The van der Waals surface area contributed by atoms with E-state index in [-0.39, 0.29) is 0 Å². The Morgan fingerprint density at radius 1 is 1.27 bits per heavy atom. The third kappa shape index (κ3) is 1.14. The van der Waals surface area contributed by atoms with E-state index in [2.05, 4.69) is 22.4 Å². The van der Waals surface area contributed by atoms with Crippen LogP contribution in [0.25, 0.3) is 0 Å². The molecule has 2 bridgehead atoms. The maximum absolute atomic E-state index is 3.73. The molecule has 0 aromatic carbocycles. The summed E-state index contributed by atoms with van der Waals surface area (Å²) in [6, 6.07) is 5.10. The van der Waals surface area contributed by atoms with Crippen LogP contribution in [0, 0.1) is 23.7 Å². The van der Waals surface area contributed by atoms with Crippen molar-refractivity contribution in [2.24, 2.45) is 23.7 Å². The van der Waals surface area contributed by atoms with Gasteiger partial charge in [0.05, 0.1) is 0 Å². The second-order valence-electron chi connectivity index (χ2n) is 5.59. The normalized spacial score (nSPS) is 45.7. The summed E-state index contributed by atoms with van der Waals surface area (Å²) in [4.78, 5) is 3.26. The third-order valence-electron chi connectivity index (χ3n) is 4.93. The Hall–Kier alpha value is -0.760. The smallest absolute Gasteiger partial charge is 0.0359 e. The molecule has 4 atom stereocenters. The van der Waals surface area contributed by atoms with Gasteiger partial charge in [0.2, 0.25) is 0 Å². The van der Waals surface area contributed by atoms with Crippen LogP contribution in [0.2, 0.25) is 0 Å². The van der Waals surface area contributed by atoms with Crippen LogP contribution in [0.4, 0.5) is 0 Å². The van der Waals surface area contributed by atoms with Crippen molar-refractivity contribution in [3.63, 3.8) is 0 Å². The van der Waals surface area contributed by atoms with E-state index in [1.165, 1.54) is 18.5 Å². The first-order chi connectivity index (χ1) is 7.43. The van der Waals surface area contributed by atoms with Crippen LogP contribution in [0.5, 0.6) is 0 Å². The van der Waals surface area contributed by atoms with Gasteiger partial charge in [-0.2, -0.15) is 0 Å². The molecule has 2 heteroatoms. The number of rotatable bonds is 3. The SMILES string of the molecule is c1c[nH]c(CNC2C3C4CCC(C4)C23)c1. The predicted octanol–water partition coefficient (Wildman–Crippen LogP) is 2.15. The molecule has 0 spiro atoms. The molecule has 4 rings (SSSR count). The summed E-state index contributed by atoms with van der Waals surface area (Å²) in [6.45, 7) is 1.03. The lowest BCUT2D eigenvalue weighted by atomic mass is 10.0. The summed E-state index contributed by atoms with van der Waals surface area (Å²) >= 11 is 0. The Bertz CT molecular complexity index is 341. The number of fused-ring (bicyclic) bond motifs is 5. The molecule has 0 radical (unpaired) electrons.